The van der Waals surface area contributed by atoms with E-state index in [1.54, 1.807) is 11.8 Å². The average Bonchev–Trinajstić information content (AvgIpc) is 2.67. The van der Waals surface area contributed by atoms with Gasteiger partial charge in [-0.2, -0.15) is 0 Å². The van der Waals surface area contributed by atoms with Crippen LogP contribution >= 0.6 is 11.8 Å². The van der Waals surface area contributed by atoms with Crippen molar-refractivity contribution in [2.45, 2.75) is 41.0 Å². The first-order valence-electron chi connectivity index (χ1n) is 9.03. The molecule has 0 amide bonds. The minimum atomic E-state index is 0.742. The highest BCUT2D eigenvalue weighted by molar-refractivity contribution is 8.06. The van der Waals surface area contributed by atoms with Crippen molar-refractivity contribution in [1.82, 2.24) is 0 Å². The summed E-state index contributed by atoms with van der Waals surface area (Å²) < 4.78 is 11.9. The van der Waals surface area contributed by atoms with Gasteiger partial charge in [0.25, 0.3) is 0 Å². The molecule has 2 nitrogen and oxygen atoms in total. The van der Waals surface area contributed by atoms with Gasteiger partial charge in [0.2, 0.25) is 0 Å². The quantitative estimate of drug-likeness (QED) is 0.459. The lowest BCUT2D eigenvalue weighted by Crippen LogP contribution is -1.97. The van der Waals surface area contributed by atoms with Crippen molar-refractivity contribution in [3.63, 3.8) is 0 Å². The molecule has 0 heterocycles. The summed E-state index contributed by atoms with van der Waals surface area (Å²) in [5.74, 6) is 1.76. The minimum absolute atomic E-state index is 0.742. The number of benzene rings is 2. The zero-order valence-corrected chi connectivity index (χ0v) is 17.2. The highest BCUT2D eigenvalue weighted by atomic mass is 32.2. The summed E-state index contributed by atoms with van der Waals surface area (Å²) in [6, 6.07) is 16.4. The van der Waals surface area contributed by atoms with Crippen LogP contribution in [0.4, 0.5) is 0 Å². The topological polar surface area (TPSA) is 18.5 Å². The Morgan fingerprint density at radius 3 is 2.15 bits per heavy atom. The molecule has 0 aliphatic heterocycles. The number of aryl methyl sites for hydroxylation is 1. The zero-order chi connectivity index (χ0) is 18.9. The van der Waals surface area contributed by atoms with E-state index in [0.717, 1.165) is 40.8 Å². The Morgan fingerprint density at radius 2 is 1.58 bits per heavy atom. The summed E-state index contributed by atoms with van der Waals surface area (Å²) in [5.41, 5.74) is 3.46. The van der Waals surface area contributed by atoms with E-state index >= 15 is 0 Å². The molecule has 0 saturated carbocycles. The van der Waals surface area contributed by atoms with Crippen LogP contribution in [0.3, 0.4) is 0 Å². The predicted molar refractivity (Wildman–Crippen MR) is 114 cm³/mol. The van der Waals surface area contributed by atoms with Gasteiger partial charge in [0.1, 0.15) is 11.5 Å². The number of ether oxygens (including phenoxy) is 2. The molecule has 26 heavy (non-hydrogen) atoms. The third-order valence-corrected chi connectivity index (χ3v) is 5.09. The fourth-order valence-corrected chi connectivity index (χ4v) is 3.05. The van der Waals surface area contributed by atoms with Crippen molar-refractivity contribution in [3.05, 3.63) is 75.7 Å². The zero-order valence-electron chi connectivity index (χ0n) is 16.3. The van der Waals surface area contributed by atoms with Crippen LogP contribution in [-0.4, -0.2) is 6.61 Å². The minimum Gasteiger partial charge on any atom is -0.494 e. The van der Waals surface area contributed by atoms with Gasteiger partial charge in [-0.05, 0) is 68.8 Å². The highest BCUT2D eigenvalue weighted by Gasteiger charge is 2.10. The predicted octanol–water partition coefficient (Wildman–Crippen LogP) is 7.21. The first-order valence-corrected chi connectivity index (χ1v) is 9.84. The SMILES string of the molecule is C/C=C(/C)S/C(Oc1ccc(C)cc1)=C(\C)c1ccc(OCCC)cc1. The molecular weight excluding hydrogens is 340 g/mol. The van der Waals surface area contributed by atoms with Crippen molar-refractivity contribution in [3.8, 4) is 11.5 Å². The molecule has 2 rings (SSSR count). The van der Waals surface area contributed by atoms with Crippen LogP contribution in [0.1, 0.15) is 45.2 Å². The van der Waals surface area contributed by atoms with Crippen molar-refractivity contribution in [1.29, 1.82) is 0 Å². The van der Waals surface area contributed by atoms with E-state index in [1.807, 2.05) is 31.2 Å². The first kappa shape index (κ1) is 20.2. The van der Waals surface area contributed by atoms with Crippen LogP contribution in [0.2, 0.25) is 0 Å². The fraction of sp³-hybridized carbons (Fsp3) is 0.304. The monoisotopic (exact) mass is 368 g/mol. The van der Waals surface area contributed by atoms with Crippen LogP contribution in [0.5, 0.6) is 11.5 Å². The maximum absolute atomic E-state index is 6.22. The number of hydrogen-bond acceptors (Lipinski definition) is 3. The van der Waals surface area contributed by atoms with Gasteiger partial charge in [-0.1, -0.05) is 54.6 Å². The molecule has 0 aliphatic carbocycles. The third kappa shape index (κ3) is 5.99. The number of thioether (sulfide) groups is 1. The van der Waals surface area contributed by atoms with Gasteiger partial charge in [0.15, 0.2) is 5.09 Å². The second-order valence-electron chi connectivity index (χ2n) is 6.20. The lowest BCUT2D eigenvalue weighted by atomic mass is 10.1. The summed E-state index contributed by atoms with van der Waals surface area (Å²) in [4.78, 5) is 1.20. The molecule has 0 saturated heterocycles. The van der Waals surface area contributed by atoms with Gasteiger partial charge in [0, 0.05) is 5.57 Å². The summed E-state index contributed by atoms with van der Waals surface area (Å²) in [6.45, 7) is 11.2. The lowest BCUT2D eigenvalue weighted by Gasteiger charge is -2.15. The highest BCUT2D eigenvalue weighted by Crippen LogP contribution is 2.34. The van der Waals surface area contributed by atoms with Crippen molar-refractivity contribution >= 4 is 17.3 Å². The van der Waals surface area contributed by atoms with E-state index in [-0.39, 0.29) is 0 Å². The van der Waals surface area contributed by atoms with Crippen LogP contribution in [0.25, 0.3) is 5.57 Å². The third-order valence-electron chi connectivity index (χ3n) is 3.96. The molecule has 0 aliphatic rings. The molecule has 0 unspecified atom stereocenters. The maximum Gasteiger partial charge on any atom is 0.168 e. The summed E-state index contributed by atoms with van der Waals surface area (Å²) in [5, 5.41) is 0.895. The van der Waals surface area contributed by atoms with E-state index in [1.165, 1.54) is 10.5 Å². The normalized spacial score (nSPS) is 12.6. The molecule has 2 aromatic rings. The van der Waals surface area contributed by atoms with Gasteiger partial charge in [0.05, 0.1) is 6.61 Å². The fourth-order valence-electron chi connectivity index (χ4n) is 2.23. The van der Waals surface area contributed by atoms with Gasteiger partial charge in [-0.25, -0.2) is 0 Å². The van der Waals surface area contributed by atoms with E-state index < -0.39 is 0 Å². The summed E-state index contributed by atoms with van der Waals surface area (Å²) in [7, 11) is 0. The van der Waals surface area contributed by atoms with Crippen molar-refractivity contribution < 1.29 is 9.47 Å². The largest absolute Gasteiger partial charge is 0.494 e. The Morgan fingerprint density at radius 1 is 0.962 bits per heavy atom. The molecule has 0 atom stereocenters. The molecular formula is C23H28O2S. The Hall–Kier alpha value is -2.13. The second-order valence-corrected chi connectivity index (χ2v) is 7.42. The van der Waals surface area contributed by atoms with Crippen LogP contribution in [0, 0.1) is 6.92 Å². The second kappa shape index (κ2) is 10.1. The maximum atomic E-state index is 6.22. The Balaban J connectivity index is 2.29. The number of allylic oxidation sites excluding steroid dienone is 3. The molecule has 0 aromatic heterocycles. The Kier molecular flexibility index (Phi) is 7.86. The van der Waals surface area contributed by atoms with Crippen LogP contribution in [0.15, 0.2) is 64.6 Å². The Labute approximate surface area is 161 Å². The van der Waals surface area contributed by atoms with Crippen LogP contribution < -0.4 is 9.47 Å². The molecule has 3 heteroatoms. The van der Waals surface area contributed by atoms with E-state index in [9.17, 15) is 0 Å². The van der Waals surface area contributed by atoms with Gasteiger partial charge >= 0.3 is 0 Å². The Bertz CT molecular complexity index is 756. The number of hydrogen-bond donors (Lipinski definition) is 0. The van der Waals surface area contributed by atoms with Gasteiger partial charge in [-0.3, -0.25) is 0 Å². The van der Waals surface area contributed by atoms with Crippen LogP contribution in [-0.2, 0) is 0 Å². The average molecular weight is 369 g/mol. The standard InChI is InChI=1S/C23H28O2S/c1-6-16-24-21-14-10-20(11-15-21)19(5)23(26-18(4)7-2)25-22-12-8-17(3)9-13-22/h7-15H,6,16H2,1-5H3/b18-7-,23-19+. The van der Waals surface area contributed by atoms with E-state index in [4.69, 9.17) is 9.47 Å². The first-order chi connectivity index (χ1) is 12.5. The van der Waals surface area contributed by atoms with Gasteiger partial charge in [-0.15, -0.1) is 0 Å². The molecule has 0 fully saturated rings. The molecule has 2 aromatic carbocycles. The van der Waals surface area contributed by atoms with Crippen molar-refractivity contribution in [2.75, 3.05) is 6.61 Å². The number of rotatable bonds is 8. The molecule has 0 spiro atoms. The van der Waals surface area contributed by atoms with E-state index in [0.29, 0.717) is 0 Å². The molecule has 138 valence electrons. The van der Waals surface area contributed by atoms with E-state index in [2.05, 4.69) is 58.0 Å². The molecule has 0 N–H and O–H groups in total. The van der Waals surface area contributed by atoms with Gasteiger partial charge < -0.3 is 9.47 Å². The summed E-state index contributed by atoms with van der Waals surface area (Å²) in [6.07, 6.45) is 3.10. The lowest BCUT2D eigenvalue weighted by molar-refractivity contribution is 0.317. The summed E-state index contributed by atoms with van der Waals surface area (Å²) >= 11 is 1.65. The molecule has 0 bridgehead atoms. The van der Waals surface area contributed by atoms with Crippen molar-refractivity contribution in [2.24, 2.45) is 0 Å². The molecule has 0 radical (unpaired) electrons. The smallest absolute Gasteiger partial charge is 0.168 e.